The van der Waals surface area contributed by atoms with Crippen LogP contribution in [0.15, 0.2) is 12.1 Å². The molecule has 16 heavy (non-hydrogen) atoms. The maximum Gasteiger partial charge on any atom is 0.265 e. The molecule has 0 bridgehead atoms. The zero-order valence-electron chi connectivity index (χ0n) is 9.58. The van der Waals surface area contributed by atoms with Crippen molar-refractivity contribution in [3.05, 3.63) is 23.5 Å². The van der Waals surface area contributed by atoms with Gasteiger partial charge in [0.05, 0.1) is 5.69 Å². The average molecular weight is 223 g/mol. The third kappa shape index (κ3) is 1.64. The van der Waals surface area contributed by atoms with E-state index in [9.17, 15) is 9.18 Å². The summed E-state index contributed by atoms with van der Waals surface area (Å²) in [6.45, 7) is 5.50. The first-order valence-electron chi connectivity index (χ1n) is 5.25. The number of fused-ring (bicyclic) bond motifs is 1. The highest BCUT2D eigenvalue weighted by atomic mass is 19.1. The van der Waals surface area contributed by atoms with Gasteiger partial charge in [-0.2, -0.15) is 0 Å². The van der Waals surface area contributed by atoms with Gasteiger partial charge < -0.3 is 9.64 Å². The van der Waals surface area contributed by atoms with Crippen LogP contribution in [-0.4, -0.2) is 18.6 Å². The fourth-order valence-corrected chi connectivity index (χ4v) is 1.86. The van der Waals surface area contributed by atoms with Crippen molar-refractivity contribution in [1.29, 1.82) is 0 Å². The number of aryl methyl sites for hydroxylation is 1. The molecule has 0 atom stereocenters. The van der Waals surface area contributed by atoms with Crippen LogP contribution in [0, 0.1) is 12.7 Å². The SMILES string of the molecule is Cc1cc2c(cc1F)OCC(=O)N2C(C)C. The van der Waals surface area contributed by atoms with Gasteiger partial charge in [0.25, 0.3) is 5.91 Å². The van der Waals surface area contributed by atoms with Crippen LogP contribution in [0.2, 0.25) is 0 Å². The van der Waals surface area contributed by atoms with Crippen molar-refractivity contribution in [2.45, 2.75) is 26.8 Å². The van der Waals surface area contributed by atoms with Gasteiger partial charge in [0, 0.05) is 12.1 Å². The number of nitrogens with zero attached hydrogens (tertiary/aromatic N) is 1. The molecule has 3 nitrogen and oxygen atoms in total. The Bertz CT molecular complexity index is 443. The quantitative estimate of drug-likeness (QED) is 0.731. The largest absolute Gasteiger partial charge is 0.481 e. The number of rotatable bonds is 1. The molecule has 2 rings (SSSR count). The van der Waals surface area contributed by atoms with Crippen LogP contribution in [0.3, 0.4) is 0 Å². The predicted molar refractivity (Wildman–Crippen MR) is 59.3 cm³/mol. The summed E-state index contributed by atoms with van der Waals surface area (Å²) in [5, 5.41) is 0. The van der Waals surface area contributed by atoms with E-state index in [1.165, 1.54) is 6.07 Å². The molecule has 0 N–H and O–H groups in total. The summed E-state index contributed by atoms with van der Waals surface area (Å²) in [6.07, 6.45) is 0. The monoisotopic (exact) mass is 223 g/mol. The van der Waals surface area contributed by atoms with E-state index < -0.39 is 0 Å². The van der Waals surface area contributed by atoms with Crippen LogP contribution < -0.4 is 9.64 Å². The molecule has 86 valence electrons. The van der Waals surface area contributed by atoms with Gasteiger partial charge in [-0.15, -0.1) is 0 Å². The smallest absolute Gasteiger partial charge is 0.265 e. The second-order valence-electron chi connectivity index (χ2n) is 4.22. The van der Waals surface area contributed by atoms with Crippen molar-refractivity contribution in [2.75, 3.05) is 11.5 Å². The maximum absolute atomic E-state index is 13.3. The summed E-state index contributed by atoms with van der Waals surface area (Å²) in [6, 6.07) is 3.04. The molecule has 1 aliphatic heterocycles. The molecule has 0 saturated carbocycles. The molecule has 0 aliphatic carbocycles. The molecule has 1 amide bonds. The maximum atomic E-state index is 13.3. The molecule has 0 fully saturated rings. The van der Waals surface area contributed by atoms with Crippen LogP contribution in [0.4, 0.5) is 10.1 Å². The first kappa shape index (κ1) is 10.9. The lowest BCUT2D eigenvalue weighted by molar-refractivity contribution is -0.121. The van der Waals surface area contributed by atoms with Crippen LogP contribution in [0.5, 0.6) is 5.75 Å². The number of anilines is 1. The molecule has 1 aromatic rings. The summed E-state index contributed by atoms with van der Waals surface area (Å²) in [7, 11) is 0. The summed E-state index contributed by atoms with van der Waals surface area (Å²) in [4.78, 5) is 13.3. The standard InChI is InChI=1S/C12H14FNO2/c1-7(2)14-10-4-8(3)9(13)5-11(10)16-6-12(14)15/h4-5,7H,6H2,1-3H3. The van der Waals surface area contributed by atoms with Gasteiger partial charge in [-0.1, -0.05) is 0 Å². The van der Waals surface area contributed by atoms with Crippen molar-refractivity contribution < 1.29 is 13.9 Å². The molecular formula is C12H14FNO2. The number of hydrogen-bond donors (Lipinski definition) is 0. The van der Waals surface area contributed by atoms with E-state index in [1.807, 2.05) is 13.8 Å². The molecule has 1 aromatic carbocycles. The molecule has 0 saturated heterocycles. The Kier molecular flexibility index (Phi) is 2.58. The van der Waals surface area contributed by atoms with Gasteiger partial charge in [-0.05, 0) is 32.4 Å². The topological polar surface area (TPSA) is 29.5 Å². The van der Waals surface area contributed by atoms with E-state index in [4.69, 9.17) is 4.74 Å². The molecule has 1 aliphatic rings. The van der Waals surface area contributed by atoms with E-state index in [-0.39, 0.29) is 24.4 Å². The highest BCUT2D eigenvalue weighted by Gasteiger charge is 2.28. The minimum Gasteiger partial charge on any atom is -0.481 e. The number of benzene rings is 1. The predicted octanol–water partition coefficient (Wildman–Crippen LogP) is 2.27. The highest BCUT2D eigenvalue weighted by Crippen LogP contribution is 2.35. The molecule has 0 aromatic heterocycles. The van der Waals surface area contributed by atoms with Crippen molar-refractivity contribution in [3.63, 3.8) is 0 Å². The van der Waals surface area contributed by atoms with E-state index in [0.29, 0.717) is 17.0 Å². The fourth-order valence-electron chi connectivity index (χ4n) is 1.86. The van der Waals surface area contributed by atoms with Gasteiger partial charge in [-0.25, -0.2) is 4.39 Å². The van der Waals surface area contributed by atoms with E-state index in [0.717, 1.165) is 0 Å². The van der Waals surface area contributed by atoms with Gasteiger partial charge >= 0.3 is 0 Å². The lowest BCUT2D eigenvalue weighted by Gasteiger charge is -2.32. The average Bonchev–Trinajstić information content (AvgIpc) is 2.20. The first-order chi connectivity index (χ1) is 7.50. The van der Waals surface area contributed by atoms with E-state index in [2.05, 4.69) is 0 Å². The third-order valence-electron chi connectivity index (χ3n) is 2.64. The number of ether oxygens (including phenoxy) is 1. The summed E-state index contributed by atoms with van der Waals surface area (Å²) in [5.74, 6) is 0.0433. The van der Waals surface area contributed by atoms with Crippen LogP contribution in [0.25, 0.3) is 0 Å². The van der Waals surface area contributed by atoms with E-state index >= 15 is 0 Å². The molecule has 0 unspecified atom stereocenters. The molecule has 1 heterocycles. The van der Waals surface area contributed by atoms with Gasteiger partial charge in [0.2, 0.25) is 0 Å². The molecule has 0 spiro atoms. The molecule has 4 heteroatoms. The Labute approximate surface area is 93.8 Å². The summed E-state index contributed by atoms with van der Waals surface area (Å²) >= 11 is 0. The lowest BCUT2D eigenvalue weighted by Crippen LogP contribution is -2.43. The number of halogens is 1. The molecular weight excluding hydrogens is 209 g/mol. The third-order valence-corrected chi connectivity index (χ3v) is 2.64. The van der Waals surface area contributed by atoms with Crippen molar-refractivity contribution >= 4 is 11.6 Å². The Morgan fingerprint density at radius 1 is 1.44 bits per heavy atom. The fraction of sp³-hybridized carbons (Fsp3) is 0.417. The second kappa shape index (κ2) is 3.77. The number of carbonyl (C=O) groups excluding carboxylic acids is 1. The highest BCUT2D eigenvalue weighted by molar-refractivity contribution is 5.98. The molecule has 0 radical (unpaired) electrons. The zero-order chi connectivity index (χ0) is 11.9. The lowest BCUT2D eigenvalue weighted by atomic mass is 10.1. The minimum atomic E-state index is -0.309. The Morgan fingerprint density at radius 2 is 2.12 bits per heavy atom. The minimum absolute atomic E-state index is 0.0202. The van der Waals surface area contributed by atoms with Gasteiger partial charge in [-0.3, -0.25) is 4.79 Å². The zero-order valence-corrected chi connectivity index (χ0v) is 9.58. The van der Waals surface area contributed by atoms with Crippen LogP contribution >= 0.6 is 0 Å². The van der Waals surface area contributed by atoms with Crippen molar-refractivity contribution in [2.24, 2.45) is 0 Å². The van der Waals surface area contributed by atoms with Crippen molar-refractivity contribution in [3.8, 4) is 5.75 Å². The number of carbonyl (C=O) groups is 1. The van der Waals surface area contributed by atoms with Crippen molar-refractivity contribution in [1.82, 2.24) is 0 Å². The summed E-state index contributed by atoms with van der Waals surface area (Å²) in [5.41, 5.74) is 1.17. The second-order valence-corrected chi connectivity index (χ2v) is 4.22. The number of hydrogen-bond acceptors (Lipinski definition) is 2. The van der Waals surface area contributed by atoms with Crippen LogP contribution in [0.1, 0.15) is 19.4 Å². The summed E-state index contributed by atoms with van der Waals surface area (Å²) < 4.78 is 18.6. The van der Waals surface area contributed by atoms with Gasteiger partial charge in [0.15, 0.2) is 6.61 Å². The Hall–Kier alpha value is -1.58. The van der Waals surface area contributed by atoms with Crippen LogP contribution in [-0.2, 0) is 4.79 Å². The first-order valence-corrected chi connectivity index (χ1v) is 5.25. The van der Waals surface area contributed by atoms with Gasteiger partial charge in [0.1, 0.15) is 11.6 Å². The Morgan fingerprint density at radius 3 is 2.75 bits per heavy atom. The van der Waals surface area contributed by atoms with E-state index in [1.54, 1.807) is 17.9 Å². The Balaban J connectivity index is 2.55. The number of amides is 1. The normalized spacial score (nSPS) is 15.1.